The van der Waals surface area contributed by atoms with Gasteiger partial charge >= 0.3 is 0 Å². The van der Waals surface area contributed by atoms with Crippen LogP contribution in [0.4, 0.5) is 0 Å². The van der Waals surface area contributed by atoms with E-state index in [4.69, 9.17) is 0 Å². The van der Waals surface area contributed by atoms with Crippen LogP contribution in [0.5, 0.6) is 0 Å². The minimum absolute atomic E-state index is 0.167. The number of carbonyl (C=O) groups is 2. The van der Waals surface area contributed by atoms with Crippen LogP contribution in [0.3, 0.4) is 0 Å². The van der Waals surface area contributed by atoms with Gasteiger partial charge in [-0.3, -0.25) is 9.59 Å². The molecule has 3 heterocycles. The number of benzene rings is 3. The first-order valence-electron chi connectivity index (χ1n) is 15.8. The van der Waals surface area contributed by atoms with E-state index in [0.717, 1.165) is 68.7 Å². The number of hydrogen-bond donors (Lipinski definition) is 5. The second-order valence-electron chi connectivity index (χ2n) is 11.9. The van der Waals surface area contributed by atoms with Crippen molar-refractivity contribution in [2.24, 2.45) is 0 Å². The fraction of sp³-hybridized carbons (Fsp3) is 0.297. The van der Waals surface area contributed by atoms with Crippen molar-refractivity contribution in [3.8, 4) is 0 Å². The molecule has 7 heteroatoms. The van der Waals surface area contributed by atoms with Crippen LogP contribution in [0.2, 0.25) is 0 Å². The van der Waals surface area contributed by atoms with Crippen LogP contribution in [0.1, 0.15) is 62.6 Å². The van der Waals surface area contributed by atoms with Crippen LogP contribution in [0.25, 0.3) is 32.7 Å². The van der Waals surface area contributed by atoms with E-state index in [1.54, 1.807) is 0 Å². The maximum absolute atomic E-state index is 14.8. The third kappa shape index (κ3) is 5.62. The van der Waals surface area contributed by atoms with Gasteiger partial charge in [0.1, 0.15) is 11.5 Å². The highest BCUT2D eigenvalue weighted by atomic mass is 16.2. The minimum Gasteiger partial charge on any atom is -0.361 e. The molecule has 0 spiro atoms. The summed E-state index contributed by atoms with van der Waals surface area (Å²) < 4.78 is 0. The fourth-order valence-corrected chi connectivity index (χ4v) is 6.46. The predicted molar refractivity (Wildman–Crippen MR) is 179 cm³/mol. The standard InChI is InChI=1S/C37H41N5O2/c1-3-4-5-6-13-20-38-35(43)34(21-25-22-39-31-17-10-7-14-26(25)31)42-36(44)37(2,29-23-40-32-18-11-8-15-27(29)32)30-24-41-33-19-12-9-16-28(30)33/h7-12,14-19,22-24,34,39-41H,3-6,13,20-21H2,1-2H3,(H,38,43)(H,42,44)/t34-/m0/s1. The monoisotopic (exact) mass is 587 g/mol. The zero-order valence-corrected chi connectivity index (χ0v) is 25.5. The third-order valence-corrected chi connectivity index (χ3v) is 9.01. The molecule has 1 atom stereocenters. The lowest BCUT2D eigenvalue weighted by Gasteiger charge is -2.31. The second-order valence-corrected chi connectivity index (χ2v) is 11.9. The molecular formula is C37H41N5O2. The molecule has 3 aromatic carbocycles. The van der Waals surface area contributed by atoms with E-state index in [2.05, 4.69) is 32.5 Å². The summed E-state index contributed by atoms with van der Waals surface area (Å²) in [6.45, 7) is 4.74. The van der Waals surface area contributed by atoms with Gasteiger partial charge in [-0.25, -0.2) is 0 Å². The Bertz CT molecular complexity index is 1820. The molecule has 2 amide bonds. The Hall–Kier alpha value is -4.78. The highest BCUT2D eigenvalue weighted by Crippen LogP contribution is 2.40. The summed E-state index contributed by atoms with van der Waals surface area (Å²) in [6.07, 6.45) is 11.7. The van der Waals surface area contributed by atoms with E-state index in [9.17, 15) is 9.59 Å². The van der Waals surface area contributed by atoms with Gasteiger partial charge in [-0.15, -0.1) is 0 Å². The number of aromatic amines is 3. The number of aromatic nitrogens is 3. The SMILES string of the molecule is CCCCCCCNC(=O)[C@H](Cc1c[nH]c2ccccc12)NC(=O)C(C)(c1c[nH]c2ccccc12)c1c[nH]c2ccccc12. The summed E-state index contributed by atoms with van der Waals surface area (Å²) in [7, 11) is 0. The normalized spacial score (nSPS) is 12.6. The number of carbonyl (C=O) groups excluding carboxylic acids is 2. The second kappa shape index (κ2) is 12.8. The summed E-state index contributed by atoms with van der Waals surface area (Å²) >= 11 is 0. The number of rotatable bonds is 13. The van der Waals surface area contributed by atoms with Gasteiger partial charge in [-0.05, 0) is 48.2 Å². The average Bonchev–Trinajstić information content (AvgIpc) is 3.79. The molecule has 0 fully saturated rings. The molecule has 0 aliphatic heterocycles. The summed E-state index contributed by atoms with van der Waals surface area (Å²) in [5, 5.41) is 9.36. The van der Waals surface area contributed by atoms with Gasteiger partial charge in [0.05, 0.1) is 0 Å². The maximum atomic E-state index is 14.8. The summed E-state index contributed by atoms with van der Waals surface area (Å²) in [5.74, 6) is -0.394. The van der Waals surface area contributed by atoms with Crippen LogP contribution >= 0.6 is 0 Å². The zero-order chi connectivity index (χ0) is 30.5. The first-order chi connectivity index (χ1) is 21.5. The molecule has 0 aliphatic carbocycles. The van der Waals surface area contributed by atoms with Crippen LogP contribution in [-0.2, 0) is 21.4 Å². The van der Waals surface area contributed by atoms with Gasteiger partial charge in [-0.2, -0.15) is 0 Å². The zero-order valence-electron chi connectivity index (χ0n) is 25.5. The smallest absolute Gasteiger partial charge is 0.242 e. The first kappa shape index (κ1) is 29.3. The van der Waals surface area contributed by atoms with Crippen molar-refractivity contribution in [2.75, 3.05) is 6.54 Å². The lowest BCUT2D eigenvalue weighted by atomic mass is 9.75. The number of amides is 2. The van der Waals surface area contributed by atoms with E-state index in [-0.39, 0.29) is 11.8 Å². The van der Waals surface area contributed by atoms with Gasteiger partial charge in [0, 0.05) is 64.3 Å². The number of hydrogen-bond acceptors (Lipinski definition) is 2. The fourth-order valence-electron chi connectivity index (χ4n) is 6.46. The Labute approximate surface area is 257 Å². The molecule has 0 saturated carbocycles. The van der Waals surface area contributed by atoms with Crippen molar-refractivity contribution in [2.45, 2.75) is 63.8 Å². The van der Waals surface area contributed by atoms with Crippen molar-refractivity contribution < 1.29 is 9.59 Å². The maximum Gasteiger partial charge on any atom is 0.242 e. The topological polar surface area (TPSA) is 106 Å². The molecule has 226 valence electrons. The average molecular weight is 588 g/mol. The molecule has 5 N–H and O–H groups in total. The Morgan fingerprint density at radius 3 is 1.84 bits per heavy atom. The largest absolute Gasteiger partial charge is 0.361 e. The molecule has 3 aromatic heterocycles. The minimum atomic E-state index is -1.10. The Kier molecular flexibility index (Phi) is 8.55. The van der Waals surface area contributed by atoms with Crippen molar-refractivity contribution in [1.29, 1.82) is 0 Å². The van der Waals surface area contributed by atoms with E-state index < -0.39 is 11.5 Å². The highest BCUT2D eigenvalue weighted by molar-refractivity contribution is 6.03. The van der Waals surface area contributed by atoms with Crippen molar-refractivity contribution in [1.82, 2.24) is 25.6 Å². The van der Waals surface area contributed by atoms with Crippen LogP contribution in [0.15, 0.2) is 91.4 Å². The predicted octanol–water partition coefficient (Wildman–Crippen LogP) is 7.25. The lowest BCUT2D eigenvalue weighted by Crippen LogP contribution is -2.53. The lowest BCUT2D eigenvalue weighted by molar-refractivity contribution is -0.131. The summed E-state index contributed by atoms with van der Waals surface area (Å²) in [5.41, 5.74) is 4.53. The quantitative estimate of drug-likeness (QED) is 0.0919. The van der Waals surface area contributed by atoms with Gasteiger partial charge in [0.2, 0.25) is 11.8 Å². The third-order valence-electron chi connectivity index (χ3n) is 9.01. The van der Waals surface area contributed by atoms with Crippen LogP contribution in [-0.4, -0.2) is 39.4 Å². The molecule has 0 bridgehead atoms. The first-order valence-corrected chi connectivity index (χ1v) is 15.8. The molecular weight excluding hydrogens is 546 g/mol. The van der Waals surface area contributed by atoms with E-state index in [1.807, 2.05) is 98.3 Å². The summed E-state index contributed by atoms with van der Waals surface area (Å²) in [4.78, 5) is 38.6. The van der Waals surface area contributed by atoms with E-state index in [1.165, 1.54) is 12.8 Å². The Balaban J connectivity index is 1.36. The van der Waals surface area contributed by atoms with Gasteiger partial charge < -0.3 is 25.6 Å². The molecule has 7 nitrogen and oxygen atoms in total. The number of para-hydroxylation sites is 3. The molecule has 0 radical (unpaired) electrons. The molecule has 44 heavy (non-hydrogen) atoms. The number of H-pyrrole nitrogens is 3. The number of unbranched alkanes of at least 4 members (excludes halogenated alkanes) is 4. The molecule has 6 aromatic rings. The van der Waals surface area contributed by atoms with Crippen LogP contribution < -0.4 is 10.6 Å². The Morgan fingerprint density at radius 2 is 1.23 bits per heavy atom. The van der Waals surface area contributed by atoms with Crippen molar-refractivity contribution in [3.63, 3.8) is 0 Å². The number of fused-ring (bicyclic) bond motifs is 3. The highest BCUT2D eigenvalue weighted by Gasteiger charge is 2.42. The van der Waals surface area contributed by atoms with Gasteiger partial charge in [0.15, 0.2) is 0 Å². The number of nitrogens with one attached hydrogen (secondary N) is 5. The molecule has 0 aliphatic rings. The molecule has 6 rings (SSSR count). The van der Waals surface area contributed by atoms with Gasteiger partial charge in [-0.1, -0.05) is 87.2 Å². The van der Waals surface area contributed by atoms with Gasteiger partial charge in [0.25, 0.3) is 0 Å². The van der Waals surface area contributed by atoms with Crippen molar-refractivity contribution >= 4 is 44.5 Å². The molecule has 0 unspecified atom stereocenters. The van der Waals surface area contributed by atoms with Crippen LogP contribution in [0, 0.1) is 0 Å². The van der Waals surface area contributed by atoms with E-state index >= 15 is 0 Å². The van der Waals surface area contributed by atoms with Crippen molar-refractivity contribution in [3.05, 3.63) is 108 Å². The summed E-state index contributed by atoms with van der Waals surface area (Å²) in [6, 6.07) is 23.3. The molecule has 0 saturated heterocycles. The Morgan fingerprint density at radius 1 is 0.705 bits per heavy atom. The van der Waals surface area contributed by atoms with E-state index in [0.29, 0.717) is 13.0 Å².